The van der Waals surface area contributed by atoms with Gasteiger partial charge in [-0.1, -0.05) is 35.3 Å². The molecule has 1 aliphatic rings. The zero-order valence-electron chi connectivity index (χ0n) is 12.4. The Morgan fingerprint density at radius 3 is 2.62 bits per heavy atom. The molecule has 2 amide bonds. The van der Waals surface area contributed by atoms with Crippen molar-refractivity contribution >= 4 is 46.4 Å². The van der Waals surface area contributed by atoms with Crippen molar-refractivity contribution in [1.29, 1.82) is 0 Å². The number of para-hydroxylation sites is 1. The number of hydrogen-bond donors (Lipinski definition) is 1. The highest BCUT2D eigenvalue weighted by molar-refractivity contribution is 6.33. The average Bonchev–Trinajstić information content (AvgIpc) is 2.94. The largest absolute Gasteiger partial charge is 0.324 e. The van der Waals surface area contributed by atoms with Crippen molar-refractivity contribution in [3.63, 3.8) is 0 Å². The summed E-state index contributed by atoms with van der Waals surface area (Å²) in [5, 5.41) is 3.09. The van der Waals surface area contributed by atoms with Crippen LogP contribution in [0.2, 0.25) is 10.0 Å². The number of carbonyl (C=O) groups excluding carboxylic acids is 2. The number of rotatable bonds is 3. The molecule has 0 aliphatic carbocycles. The summed E-state index contributed by atoms with van der Waals surface area (Å²) in [4.78, 5) is 26.0. The predicted octanol–water partition coefficient (Wildman–Crippen LogP) is 4.12. The highest BCUT2D eigenvalue weighted by Gasteiger charge is 2.35. The minimum absolute atomic E-state index is 0.0655. The van der Waals surface area contributed by atoms with Crippen LogP contribution >= 0.6 is 23.2 Å². The minimum Gasteiger partial charge on any atom is -0.324 e. The summed E-state index contributed by atoms with van der Waals surface area (Å²) in [6.45, 7) is 0.205. The molecule has 3 rings (SSSR count). The molecule has 2 aromatic rings. The highest BCUT2D eigenvalue weighted by Crippen LogP contribution is 2.29. The zero-order valence-corrected chi connectivity index (χ0v) is 13.9. The number of anilines is 2. The summed E-state index contributed by atoms with van der Waals surface area (Å²) < 4.78 is 13.3. The molecule has 7 heteroatoms. The average molecular weight is 367 g/mol. The second kappa shape index (κ2) is 6.79. The SMILES string of the molecule is O=C(Nc1ccccc1Cl)C1CC(=O)N(c2ccc(F)c(Cl)c2)C1. The molecule has 1 atom stereocenters. The first-order valence-corrected chi connectivity index (χ1v) is 8.02. The predicted molar refractivity (Wildman–Crippen MR) is 92.0 cm³/mol. The van der Waals surface area contributed by atoms with Crippen LogP contribution in [0.3, 0.4) is 0 Å². The van der Waals surface area contributed by atoms with Gasteiger partial charge in [-0.3, -0.25) is 9.59 Å². The Hall–Kier alpha value is -2.11. The van der Waals surface area contributed by atoms with Gasteiger partial charge in [0, 0.05) is 18.7 Å². The van der Waals surface area contributed by atoms with E-state index < -0.39 is 11.7 Å². The normalized spacial score (nSPS) is 17.2. The molecule has 2 aromatic carbocycles. The van der Waals surface area contributed by atoms with Gasteiger partial charge in [-0.15, -0.1) is 0 Å². The van der Waals surface area contributed by atoms with Gasteiger partial charge in [-0.05, 0) is 30.3 Å². The van der Waals surface area contributed by atoms with Gasteiger partial charge in [0.2, 0.25) is 11.8 Å². The monoisotopic (exact) mass is 366 g/mol. The Balaban J connectivity index is 1.73. The van der Waals surface area contributed by atoms with Crippen LogP contribution in [0, 0.1) is 11.7 Å². The van der Waals surface area contributed by atoms with Crippen molar-refractivity contribution in [3.05, 3.63) is 58.3 Å². The molecule has 0 bridgehead atoms. The van der Waals surface area contributed by atoms with Gasteiger partial charge in [0.1, 0.15) is 5.82 Å². The lowest BCUT2D eigenvalue weighted by Crippen LogP contribution is -2.28. The molecule has 1 N–H and O–H groups in total. The maximum Gasteiger partial charge on any atom is 0.229 e. The van der Waals surface area contributed by atoms with E-state index in [2.05, 4.69) is 5.32 Å². The molecule has 1 unspecified atom stereocenters. The topological polar surface area (TPSA) is 49.4 Å². The molecule has 1 saturated heterocycles. The van der Waals surface area contributed by atoms with Gasteiger partial charge >= 0.3 is 0 Å². The molecule has 0 aromatic heterocycles. The van der Waals surface area contributed by atoms with Crippen LogP contribution in [0.4, 0.5) is 15.8 Å². The number of benzene rings is 2. The molecular weight excluding hydrogens is 354 g/mol. The van der Waals surface area contributed by atoms with Crippen molar-refractivity contribution in [2.24, 2.45) is 5.92 Å². The fourth-order valence-electron chi connectivity index (χ4n) is 2.58. The van der Waals surface area contributed by atoms with Crippen molar-refractivity contribution < 1.29 is 14.0 Å². The summed E-state index contributed by atoms with van der Waals surface area (Å²) in [5.41, 5.74) is 0.972. The number of amides is 2. The van der Waals surface area contributed by atoms with Crippen LogP contribution in [0.25, 0.3) is 0 Å². The van der Waals surface area contributed by atoms with Crippen LogP contribution in [-0.4, -0.2) is 18.4 Å². The van der Waals surface area contributed by atoms with E-state index in [1.54, 1.807) is 24.3 Å². The Kier molecular flexibility index (Phi) is 4.73. The maximum absolute atomic E-state index is 13.3. The third-order valence-corrected chi connectivity index (χ3v) is 4.46. The van der Waals surface area contributed by atoms with Crippen molar-refractivity contribution in [2.75, 3.05) is 16.8 Å². The van der Waals surface area contributed by atoms with Crippen molar-refractivity contribution in [2.45, 2.75) is 6.42 Å². The highest BCUT2D eigenvalue weighted by atomic mass is 35.5. The van der Waals surface area contributed by atoms with E-state index in [1.165, 1.54) is 23.1 Å². The Morgan fingerprint density at radius 1 is 1.17 bits per heavy atom. The summed E-state index contributed by atoms with van der Waals surface area (Å²) in [5.74, 6) is -1.57. The standard InChI is InChI=1S/C17H13Cl2FN2O2/c18-12-3-1-2-4-15(12)21-17(24)10-7-16(23)22(9-10)11-5-6-14(20)13(19)8-11/h1-6,8,10H,7,9H2,(H,21,24). The quantitative estimate of drug-likeness (QED) is 0.887. The van der Waals surface area contributed by atoms with E-state index in [4.69, 9.17) is 23.2 Å². The summed E-state index contributed by atoms with van der Waals surface area (Å²) in [6.07, 6.45) is 0.0747. The molecular formula is C17H13Cl2FN2O2. The second-order valence-electron chi connectivity index (χ2n) is 5.47. The molecule has 1 fully saturated rings. The number of nitrogens with one attached hydrogen (secondary N) is 1. The lowest BCUT2D eigenvalue weighted by Gasteiger charge is -2.17. The van der Waals surface area contributed by atoms with Crippen molar-refractivity contribution in [1.82, 2.24) is 0 Å². The Morgan fingerprint density at radius 2 is 1.92 bits per heavy atom. The van der Waals surface area contributed by atoms with Gasteiger partial charge in [-0.25, -0.2) is 4.39 Å². The molecule has 4 nitrogen and oxygen atoms in total. The fourth-order valence-corrected chi connectivity index (χ4v) is 2.94. The van der Waals surface area contributed by atoms with Crippen LogP contribution < -0.4 is 10.2 Å². The number of halogens is 3. The van der Waals surface area contributed by atoms with Crippen LogP contribution in [-0.2, 0) is 9.59 Å². The summed E-state index contributed by atoms with van der Waals surface area (Å²) in [7, 11) is 0. The minimum atomic E-state index is -0.555. The molecule has 24 heavy (non-hydrogen) atoms. The van der Waals surface area contributed by atoms with E-state index in [0.717, 1.165) is 0 Å². The van der Waals surface area contributed by atoms with Gasteiger partial charge in [0.15, 0.2) is 0 Å². The molecule has 0 spiro atoms. The fraction of sp³-hybridized carbons (Fsp3) is 0.176. The van der Waals surface area contributed by atoms with E-state index in [-0.39, 0.29) is 29.8 Å². The van der Waals surface area contributed by atoms with E-state index >= 15 is 0 Å². The smallest absolute Gasteiger partial charge is 0.229 e. The van der Waals surface area contributed by atoms with Gasteiger partial charge in [0.25, 0.3) is 0 Å². The first-order chi connectivity index (χ1) is 11.5. The van der Waals surface area contributed by atoms with E-state index in [0.29, 0.717) is 16.4 Å². The third-order valence-electron chi connectivity index (χ3n) is 3.84. The van der Waals surface area contributed by atoms with Gasteiger partial charge < -0.3 is 10.2 Å². The first kappa shape index (κ1) is 16.7. The van der Waals surface area contributed by atoms with E-state index in [9.17, 15) is 14.0 Å². The van der Waals surface area contributed by atoms with Crippen LogP contribution in [0.1, 0.15) is 6.42 Å². The van der Waals surface area contributed by atoms with Crippen LogP contribution in [0.5, 0.6) is 0 Å². The Labute approximate surface area is 148 Å². The molecule has 0 saturated carbocycles. The Bertz CT molecular complexity index is 813. The second-order valence-corrected chi connectivity index (χ2v) is 6.29. The number of nitrogens with zero attached hydrogens (tertiary/aromatic N) is 1. The maximum atomic E-state index is 13.3. The van der Waals surface area contributed by atoms with E-state index in [1.807, 2.05) is 0 Å². The van der Waals surface area contributed by atoms with Crippen LogP contribution in [0.15, 0.2) is 42.5 Å². The number of hydrogen-bond acceptors (Lipinski definition) is 2. The zero-order chi connectivity index (χ0) is 17.3. The summed E-state index contributed by atoms with van der Waals surface area (Å²) in [6, 6.07) is 10.9. The molecule has 1 heterocycles. The molecule has 124 valence electrons. The lowest BCUT2D eigenvalue weighted by atomic mass is 10.1. The molecule has 0 radical (unpaired) electrons. The van der Waals surface area contributed by atoms with Crippen molar-refractivity contribution in [3.8, 4) is 0 Å². The molecule has 1 aliphatic heterocycles. The first-order valence-electron chi connectivity index (χ1n) is 7.26. The third kappa shape index (κ3) is 3.37. The summed E-state index contributed by atoms with van der Waals surface area (Å²) >= 11 is 11.8. The van der Waals surface area contributed by atoms with Gasteiger partial charge in [-0.2, -0.15) is 0 Å². The lowest BCUT2D eigenvalue weighted by molar-refractivity contribution is -0.122. The van der Waals surface area contributed by atoms with Gasteiger partial charge in [0.05, 0.1) is 21.7 Å². The number of carbonyl (C=O) groups is 2.